The molecule has 2 aliphatic heterocycles. The van der Waals surface area contributed by atoms with Gasteiger partial charge in [-0.15, -0.1) is 0 Å². The Morgan fingerprint density at radius 1 is 1.36 bits per heavy atom. The number of carbonyl (C=O) groups is 1. The van der Waals surface area contributed by atoms with E-state index in [0.29, 0.717) is 30.2 Å². The fraction of sp³-hybridized carbons (Fsp3) is 0.294. The van der Waals surface area contributed by atoms with Gasteiger partial charge in [-0.25, -0.2) is 4.79 Å². The van der Waals surface area contributed by atoms with Gasteiger partial charge >= 0.3 is 6.03 Å². The lowest BCUT2D eigenvalue weighted by atomic mass is 9.98. The van der Waals surface area contributed by atoms with Crippen LogP contribution in [0, 0.1) is 0 Å². The molecule has 1 N–H and O–H groups in total. The van der Waals surface area contributed by atoms with Gasteiger partial charge in [-0.05, 0) is 24.3 Å². The summed E-state index contributed by atoms with van der Waals surface area (Å²) in [6.07, 6.45) is 2.45. The highest BCUT2D eigenvalue weighted by Gasteiger charge is 2.33. The standard InChI is InChI=1S/C17H17ClN6O/c1-23-15(5-7-19-23)16-13-10-24(8-6-14(13)21-22-16)17(25)20-12-4-2-3-11(18)9-12/h2-5,7,9,16H,6,8,10H2,1H3,(H,20,25). The molecule has 128 valence electrons. The van der Waals surface area contributed by atoms with Gasteiger partial charge in [0.05, 0.1) is 11.4 Å². The number of aryl methyl sites for hydroxylation is 1. The Labute approximate surface area is 150 Å². The van der Waals surface area contributed by atoms with E-state index >= 15 is 0 Å². The molecule has 2 aliphatic rings. The normalized spacial score (nSPS) is 19.3. The van der Waals surface area contributed by atoms with E-state index in [4.69, 9.17) is 11.6 Å². The molecule has 0 bridgehead atoms. The minimum absolute atomic E-state index is 0.149. The first-order valence-corrected chi connectivity index (χ1v) is 8.42. The summed E-state index contributed by atoms with van der Waals surface area (Å²) in [4.78, 5) is 14.4. The van der Waals surface area contributed by atoms with E-state index in [1.807, 2.05) is 25.2 Å². The second-order valence-corrected chi connectivity index (χ2v) is 6.52. The van der Waals surface area contributed by atoms with Crippen LogP contribution < -0.4 is 5.32 Å². The molecule has 7 nitrogen and oxygen atoms in total. The highest BCUT2D eigenvalue weighted by molar-refractivity contribution is 6.30. The van der Waals surface area contributed by atoms with E-state index in [1.165, 1.54) is 0 Å². The number of aromatic nitrogens is 2. The predicted octanol–water partition coefficient (Wildman–Crippen LogP) is 3.77. The van der Waals surface area contributed by atoms with Crippen LogP contribution in [-0.4, -0.2) is 33.8 Å². The molecule has 1 unspecified atom stereocenters. The second kappa shape index (κ2) is 6.33. The molecule has 2 aromatic rings. The fourth-order valence-electron chi connectivity index (χ4n) is 3.17. The van der Waals surface area contributed by atoms with Crippen molar-refractivity contribution >= 4 is 23.3 Å². The van der Waals surface area contributed by atoms with E-state index in [-0.39, 0.29) is 12.1 Å². The van der Waals surface area contributed by atoms with Crippen molar-refractivity contribution in [1.82, 2.24) is 14.7 Å². The van der Waals surface area contributed by atoms with E-state index in [2.05, 4.69) is 20.6 Å². The van der Waals surface area contributed by atoms with E-state index in [9.17, 15) is 4.79 Å². The average molecular weight is 357 g/mol. The highest BCUT2D eigenvalue weighted by atomic mass is 35.5. The van der Waals surface area contributed by atoms with Gasteiger partial charge in [-0.3, -0.25) is 4.68 Å². The van der Waals surface area contributed by atoms with Gasteiger partial charge in [0.1, 0.15) is 6.04 Å². The van der Waals surface area contributed by atoms with Crippen LogP contribution in [0.5, 0.6) is 0 Å². The Bertz CT molecular complexity index is 887. The number of anilines is 1. The van der Waals surface area contributed by atoms with Crippen LogP contribution in [0.1, 0.15) is 18.2 Å². The Kier molecular flexibility index (Phi) is 4.01. The first-order chi connectivity index (χ1) is 12.1. The summed E-state index contributed by atoms with van der Waals surface area (Å²) in [5.74, 6) is 0. The van der Waals surface area contributed by atoms with Gasteiger partial charge in [-0.2, -0.15) is 15.3 Å². The Morgan fingerprint density at radius 2 is 2.24 bits per heavy atom. The number of hydrogen-bond donors (Lipinski definition) is 1. The molecule has 0 fully saturated rings. The Balaban J connectivity index is 1.50. The number of rotatable bonds is 2. The molecule has 1 aromatic heterocycles. The summed E-state index contributed by atoms with van der Waals surface area (Å²) >= 11 is 5.97. The zero-order chi connectivity index (χ0) is 17.4. The minimum atomic E-state index is -0.163. The van der Waals surface area contributed by atoms with Crippen LogP contribution in [0.3, 0.4) is 0 Å². The van der Waals surface area contributed by atoms with Gasteiger partial charge in [0.15, 0.2) is 0 Å². The quantitative estimate of drug-likeness (QED) is 0.889. The van der Waals surface area contributed by atoms with Crippen molar-refractivity contribution in [3.63, 3.8) is 0 Å². The van der Waals surface area contributed by atoms with Crippen LogP contribution in [-0.2, 0) is 7.05 Å². The van der Waals surface area contributed by atoms with Crippen LogP contribution in [0.25, 0.3) is 0 Å². The lowest BCUT2D eigenvalue weighted by Gasteiger charge is -2.29. The average Bonchev–Trinajstić information content (AvgIpc) is 3.19. The Morgan fingerprint density at radius 3 is 3.00 bits per heavy atom. The number of carbonyl (C=O) groups excluding carboxylic acids is 1. The molecule has 25 heavy (non-hydrogen) atoms. The van der Waals surface area contributed by atoms with Crippen molar-refractivity contribution in [3.8, 4) is 0 Å². The Hall–Kier alpha value is -2.67. The monoisotopic (exact) mass is 356 g/mol. The van der Waals surface area contributed by atoms with Crippen molar-refractivity contribution in [2.45, 2.75) is 12.5 Å². The van der Waals surface area contributed by atoms with Crippen molar-refractivity contribution in [2.24, 2.45) is 17.3 Å². The number of amides is 2. The maximum atomic E-state index is 12.6. The summed E-state index contributed by atoms with van der Waals surface area (Å²) in [5, 5.41) is 16.4. The number of nitrogens with zero attached hydrogens (tertiary/aromatic N) is 5. The number of azo groups is 1. The maximum Gasteiger partial charge on any atom is 0.322 e. The van der Waals surface area contributed by atoms with Crippen LogP contribution >= 0.6 is 11.6 Å². The van der Waals surface area contributed by atoms with Gasteiger partial charge < -0.3 is 10.2 Å². The second-order valence-electron chi connectivity index (χ2n) is 6.08. The van der Waals surface area contributed by atoms with Gasteiger partial charge in [0.25, 0.3) is 0 Å². The molecular formula is C17H17ClN6O. The molecule has 0 saturated carbocycles. The first-order valence-electron chi connectivity index (χ1n) is 8.04. The van der Waals surface area contributed by atoms with Crippen molar-refractivity contribution in [3.05, 3.63) is 58.5 Å². The predicted molar refractivity (Wildman–Crippen MR) is 94.5 cm³/mol. The minimum Gasteiger partial charge on any atom is -0.320 e. The molecule has 3 heterocycles. The zero-order valence-electron chi connectivity index (χ0n) is 13.7. The van der Waals surface area contributed by atoms with Crippen molar-refractivity contribution < 1.29 is 4.79 Å². The van der Waals surface area contributed by atoms with Crippen LogP contribution in [0.15, 0.2) is 58.0 Å². The fourth-order valence-corrected chi connectivity index (χ4v) is 3.36. The smallest absolute Gasteiger partial charge is 0.320 e. The van der Waals surface area contributed by atoms with E-state index in [0.717, 1.165) is 17.0 Å². The van der Waals surface area contributed by atoms with Crippen molar-refractivity contribution in [2.75, 3.05) is 18.4 Å². The number of nitrogens with one attached hydrogen (secondary N) is 1. The first kappa shape index (κ1) is 15.8. The molecule has 1 atom stereocenters. The molecule has 2 amide bonds. The third kappa shape index (κ3) is 3.02. The zero-order valence-corrected chi connectivity index (χ0v) is 14.4. The third-order valence-corrected chi connectivity index (χ3v) is 4.71. The molecule has 1 aromatic carbocycles. The summed E-state index contributed by atoms with van der Waals surface area (Å²) in [5.41, 5.74) is 3.71. The van der Waals surface area contributed by atoms with Gasteiger partial charge in [0, 0.05) is 49.0 Å². The largest absolute Gasteiger partial charge is 0.322 e. The lowest BCUT2D eigenvalue weighted by Crippen LogP contribution is -2.40. The number of hydrogen-bond acceptors (Lipinski definition) is 4. The SMILES string of the molecule is Cn1nccc1C1N=NC2=C1CN(C(=O)Nc1cccc(Cl)c1)CC2. The lowest BCUT2D eigenvalue weighted by molar-refractivity contribution is 0.213. The molecule has 0 aliphatic carbocycles. The van der Waals surface area contributed by atoms with Crippen LogP contribution in [0.2, 0.25) is 5.02 Å². The van der Waals surface area contributed by atoms with Crippen LogP contribution in [0.4, 0.5) is 10.5 Å². The molecular weight excluding hydrogens is 340 g/mol. The number of halogens is 1. The number of benzene rings is 1. The van der Waals surface area contributed by atoms with Gasteiger partial charge in [-0.1, -0.05) is 17.7 Å². The van der Waals surface area contributed by atoms with E-state index in [1.54, 1.807) is 27.9 Å². The third-order valence-electron chi connectivity index (χ3n) is 4.48. The topological polar surface area (TPSA) is 74.9 Å². The maximum absolute atomic E-state index is 12.6. The molecule has 4 rings (SSSR count). The summed E-state index contributed by atoms with van der Waals surface area (Å²) in [6.45, 7) is 1.12. The summed E-state index contributed by atoms with van der Waals surface area (Å²) < 4.78 is 1.80. The molecule has 0 saturated heterocycles. The summed E-state index contributed by atoms with van der Waals surface area (Å²) in [6, 6.07) is 8.75. The molecule has 0 spiro atoms. The van der Waals surface area contributed by atoms with Gasteiger partial charge in [0.2, 0.25) is 0 Å². The number of urea groups is 1. The van der Waals surface area contributed by atoms with Crippen molar-refractivity contribution in [1.29, 1.82) is 0 Å². The molecule has 8 heteroatoms. The summed E-state index contributed by atoms with van der Waals surface area (Å²) in [7, 11) is 1.88. The van der Waals surface area contributed by atoms with E-state index < -0.39 is 0 Å². The highest BCUT2D eigenvalue weighted by Crippen LogP contribution is 2.38. The molecule has 0 radical (unpaired) electrons.